The number of carbonyl (C=O) groups excluding carboxylic acids is 1. The highest BCUT2D eigenvalue weighted by Crippen LogP contribution is 2.13. The van der Waals surface area contributed by atoms with E-state index in [1.165, 1.54) is 10.9 Å². The smallest absolute Gasteiger partial charge is 0.269 e. The zero-order valence-electron chi connectivity index (χ0n) is 9.94. The normalized spacial score (nSPS) is 12.2. The van der Waals surface area contributed by atoms with Crippen molar-refractivity contribution in [3.63, 3.8) is 0 Å². The van der Waals surface area contributed by atoms with Gasteiger partial charge in [0, 0.05) is 13.2 Å². The molecule has 0 aliphatic heterocycles. The van der Waals surface area contributed by atoms with Crippen molar-refractivity contribution >= 4 is 33.4 Å². The summed E-state index contributed by atoms with van der Waals surface area (Å²) in [5.41, 5.74) is -0.399. The average molecular weight is 339 g/mol. The minimum absolute atomic E-state index is 0.0735. The fraction of sp³-hybridized carbons (Fsp3) is 0.500. The van der Waals surface area contributed by atoms with E-state index in [1.807, 2.05) is 0 Å². The summed E-state index contributed by atoms with van der Waals surface area (Å²) in [6.45, 7) is 2.10. The molecule has 0 aliphatic rings. The second-order valence-electron chi connectivity index (χ2n) is 3.71. The molecular weight excluding hydrogens is 325 g/mol. The van der Waals surface area contributed by atoms with Crippen molar-refractivity contribution in [2.24, 2.45) is 0 Å². The van der Waals surface area contributed by atoms with Gasteiger partial charge in [0.15, 0.2) is 5.15 Å². The molecule has 100 valence electrons. The van der Waals surface area contributed by atoms with Gasteiger partial charge in [0.05, 0.1) is 12.9 Å². The summed E-state index contributed by atoms with van der Waals surface area (Å²) >= 11 is 8.68. The second-order valence-corrected chi connectivity index (χ2v) is 4.86. The van der Waals surface area contributed by atoms with Gasteiger partial charge < -0.3 is 10.1 Å². The first kappa shape index (κ1) is 15.1. The van der Waals surface area contributed by atoms with Crippen LogP contribution in [0.2, 0.25) is 5.15 Å². The number of ether oxygens (including phenoxy) is 1. The van der Waals surface area contributed by atoms with Crippen molar-refractivity contribution < 1.29 is 9.53 Å². The topological polar surface area (TPSA) is 73.2 Å². The minimum atomic E-state index is -0.399. The summed E-state index contributed by atoms with van der Waals surface area (Å²) in [6.07, 6.45) is 1.23. The molecule has 6 nitrogen and oxygen atoms in total. The SMILES string of the molecule is COCC(C)NC(=O)Cn1cnc(Cl)c(Br)c1=O. The monoisotopic (exact) mass is 337 g/mol. The molecular formula is C10H13BrClN3O3. The molecule has 1 aromatic heterocycles. The lowest BCUT2D eigenvalue weighted by Crippen LogP contribution is -2.39. The molecule has 1 rings (SSSR count). The fourth-order valence-corrected chi connectivity index (χ4v) is 1.78. The summed E-state index contributed by atoms with van der Waals surface area (Å²) in [6, 6.07) is -0.123. The highest BCUT2D eigenvalue weighted by atomic mass is 79.9. The highest BCUT2D eigenvalue weighted by molar-refractivity contribution is 9.10. The van der Waals surface area contributed by atoms with Gasteiger partial charge in [-0.3, -0.25) is 14.2 Å². The summed E-state index contributed by atoms with van der Waals surface area (Å²) in [7, 11) is 1.55. The maximum Gasteiger partial charge on any atom is 0.269 e. The standard InChI is InChI=1S/C10H13BrClN3O3/c1-6(4-18-2)14-7(16)3-15-5-13-9(12)8(11)10(15)17/h5-6H,3-4H2,1-2H3,(H,14,16). The number of hydrogen-bond acceptors (Lipinski definition) is 4. The van der Waals surface area contributed by atoms with Crippen LogP contribution >= 0.6 is 27.5 Å². The molecule has 1 amide bonds. The van der Waals surface area contributed by atoms with E-state index >= 15 is 0 Å². The molecule has 1 unspecified atom stereocenters. The van der Waals surface area contributed by atoms with Gasteiger partial charge in [-0.2, -0.15) is 0 Å². The molecule has 0 fully saturated rings. The first-order valence-corrected chi connectivity index (χ1v) is 6.31. The van der Waals surface area contributed by atoms with Crippen LogP contribution in [0.1, 0.15) is 6.92 Å². The molecule has 18 heavy (non-hydrogen) atoms. The van der Waals surface area contributed by atoms with Gasteiger partial charge >= 0.3 is 0 Å². The molecule has 1 heterocycles. The van der Waals surface area contributed by atoms with E-state index in [2.05, 4.69) is 26.2 Å². The van der Waals surface area contributed by atoms with Gasteiger partial charge in [-0.1, -0.05) is 11.6 Å². The molecule has 1 aromatic rings. The van der Waals surface area contributed by atoms with Gasteiger partial charge in [0.1, 0.15) is 11.0 Å². The Morgan fingerprint density at radius 2 is 2.39 bits per heavy atom. The van der Waals surface area contributed by atoms with Crippen molar-refractivity contribution in [2.45, 2.75) is 19.5 Å². The summed E-state index contributed by atoms with van der Waals surface area (Å²) < 4.78 is 6.21. The van der Waals surface area contributed by atoms with Gasteiger partial charge in [-0.05, 0) is 22.9 Å². The lowest BCUT2D eigenvalue weighted by molar-refractivity contribution is -0.122. The van der Waals surface area contributed by atoms with E-state index in [-0.39, 0.29) is 28.1 Å². The van der Waals surface area contributed by atoms with E-state index in [0.717, 1.165) is 0 Å². The molecule has 0 aromatic carbocycles. The molecule has 8 heteroatoms. The van der Waals surface area contributed by atoms with Gasteiger partial charge in [-0.25, -0.2) is 4.98 Å². The average Bonchev–Trinajstić information content (AvgIpc) is 2.30. The third kappa shape index (κ3) is 4.08. The molecule has 0 saturated heterocycles. The van der Waals surface area contributed by atoms with Crippen molar-refractivity contribution in [1.82, 2.24) is 14.9 Å². The van der Waals surface area contributed by atoms with Crippen LogP contribution in [0.15, 0.2) is 15.6 Å². The highest BCUT2D eigenvalue weighted by Gasteiger charge is 2.11. The number of halogens is 2. The molecule has 0 aliphatic carbocycles. The Bertz CT molecular complexity index is 492. The van der Waals surface area contributed by atoms with Crippen LogP contribution in [-0.2, 0) is 16.1 Å². The Balaban J connectivity index is 2.71. The van der Waals surface area contributed by atoms with E-state index in [0.29, 0.717) is 6.61 Å². The van der Waals surface area contributed by atoms with Crippen LogP contribution in [0.25, 0.3) is 0 Å². The number of carbonyl (C=O) groups is 1. The summed E-state index contributed by atoms with van der Waals surface area (Å²) in [5.74, 6) is -0.294. The van der Waals surface area contributed by atoms with Crippen molar-refractivity contribution in [2.75, 3.05) is 13.7 Å². The predicted molar refractivity (Wildman–Crippen MR) is 70.7 cm³/mol. The third-order valence-corrected chi connectivity index (χ3v) is 3.31. The van der Waals surface area contributed by atoms with Crippen LogP contribution in [0.5, 0.6) is 0 Å². The number of nitrogens with zero attached hydrogens (tertiary/aromatic N) is 2. The quantitative estimate of drug-likeness (QED) is 0.806. The lowest BCUT2D eigenvalue weighted by Gasteiger charge is -2.13. The van der Waals surface area contributed by atoms with Crippen molar-refractivity contribution in [3.05, 3.63) is 26.3 Å². The zero-order valence-corrected chi connectivity index (χ0v) is 12.3. The van der Waals surface area contributed by atoms with E-state index in [4.69, 9.17) is 16.3 Å². The Morgan fingerprint density at radius 3 is 3.00 bits per heavy atom. The fourth-order valence-electron chi connectivity index (χ4n) is 1.32. The molecule has 0 spiro atoms. The van der Waals surface area contributed by atoms with Crippen molar-refractivity contribution in [3.8, 4) is 0 Å². The maximum atomic E-state index is 11.7. The molecule has 0 saturated carbocycles. The lowest BCUT2D eigenvalue weighted by atomic mass is 10.3. The molecule has 0 bridgehead atoms. The minimum Gasteiger partial charge on any atom is -0.383 e. The first-order chi connectivity index (χ1) is 8.45. The maximum absolute atomic E-state index is 11.7. The van der Waals surface area contributed by atoms with Crippen molar-refractivity contribution in [1.29, 1.82) is 0 Å². The summed E-state index contributed by atoms with van der Waals surface area (Å²) in [5, 5.41) is 2.76. The second kappa shape index (κ2) is 6.86. The number of hydrogen-bond donors (Lipinski definition) is 1. The van der Waals surface area contributed by atoms with Gasteiger partial charge in [0.2, 0.25) is 5.91 Å². The number of nitrogens with one attached hydrogen (secondary N) is 1. The predicted octanol–water partition coefficient (Wildman–Crippen LogP) is 0.810. The van der Waals surface area contributed by atoms with E-state index in [1.54, 1.807) is 14.0 Å². The Hall–Kier alpha value is -0.920. The van der Waals surface area contributed by atoms with Gasteiger partial charge in [-0.15, -0.1) is 0 Å². The van der Waals surface area contributed by atoms with Crippen LogP contribution in [0, 0.1) is 0 Å². The van der Waals surface area contributed by atoms with E-state index < -0.39 is 5.56 Å². The Labute approximate surface area is 117 Å². The molecule has 0 radical (unpaired) electrons. The number of methoxy groups -OCH3 is 1. The van der Waals surface area contributed by atoms with Crippen LogP contribution < -0.4 is 10.9 Å². The van der Waals surface area contributed by atoms with Crippen LogP contribution in [0.4, 0.5) is 0 Å². The Morgan fingerprint density at radius 1 is 1.72 bits per heavy atom. The zero-order chi connectivity index (χ0) is 13.7. The van der Waals surface area contributed by atoms with Crippen LogP contribution in [-0.4, -0.2) is 35.2 Å². The largest absolute Gasteiger partial charge is 0.383 e. The number of amides is 1. The van der Waals surface area contributed by atoms with Gasteiger partial charge in [0.25, 0.3) is 5.56 Å². The first-order valence-electron chi connectivity index (χ1n) is 5.14. The summed E-state index contributed by atoms with van der Waals surface area (Å²) in [4.78, 5) is 27.2. The van der Waals surface area contributed by atoms with E-state index in [9.17, 15) is 9.59 Å². The molecule has 1 atom stereocenters. The number of aromatic nitrogens is 2. The number of rotatable bonds is 5. The molecule has 1 N–H and O–H groups in total. The Kier molecular flexibility index (Phi) is 5.77. The third-order valence-electron chi connectivity index (χ3n) is 2.08. The van der Waals surface area contributed by atoms with Crippen LogP contribution in [0.3, 0.4) is 0 Å².